The van der Waals surface area contributed by atoms with Crippen LogP contribution < -0.4 is 10.6 Å². The first-order chi connectivity index (χ1) is 11.4. The van der Waals surface area contributed by atoms with Gasteiger partial charge in [-0.2, -0.15) is 0 Å². The average Bonchev–Trinajstić information content (AvgIpc) is 2.72. The molecule has 1 aromatic carbocycles. The number of hydrogen-bond acceptors (Lipinski definition) is 5. The predicted octanol–water partition coefficient (Wildman–Crippen LogP) is 5.60. The molecule has 0 aliphatic carbocycles. The van der Waals surface area contributed by atoms with Crippen LogP contribution in [0.4, 0.5) is 20.3 Å². The van der Waals surface area contributed by atoms with E-state index in [1.807, 2.05) is 24.3 Å². The van der Waals surface area contributed by atoms with E-state index in [0.29, 0.717) is 10.7 Å². The molecule has 0 bridgehead atoms. The second-order valence-corrected chi connectivity index (χ2v) is 8.61. The van der Waals surface area contributed by atoms with Crippen molar-refractivity contribution in [3.8, 4) is 0 Å². The third kappa shape index (κ3) is 5.63. The maximum Gasteiger partial charge on any atom is 0.412 e. The van der Waals surface area contributed by atoms with E-state index >= 15 is 0 Å². The van der Waals surface area contributed by atoms with Crippen LogP contribution in [0.3, 0.4) is 0 Å². The maximum atomic E-state index is 12.2. The van der Waals surface area contributed by atoms with Crippen molar-refractivity contribution >= 4 is 44.3 Å². The summed E-state index contributed by atoms with van der Waals surface area (Å²) in [5, 5.41) is 6.77. The van der Waals surface area contributed by atoms with E-state index < -0.39 is 23.4 Å². The highest BCUT2D eigenvalue weighted by molar-refractivity contribution is 7.23. The number of thiophene rings is 1. The highest BCUT2D eigenvalue weighted by Crippen LogP contribution is 2.40. The molecule has 0 fully saturated rings. The Bertz CT molecular complexity index is 784. The van der Waals surface area contributed by atoms with Crippen LogP contribution in [0, 0.1) is 0 Å². The molecule has 0 atom stereocenters. The Kier molecular flexibility index (Phi) is 5.27. The molecule has 0 aliphatic heterocycles. The fraction of sp³-hybridized carbons (Fsp3) is 0.444. The van der Waals surface area contributed by atoms with Gasteiger partial charge in [-0.05, 0) is 47.6 Å². The van der Waals surface area contributed by atoms with Gasteiger partial charge in [0.2, 0.25) is 0 Å². The largest absolute Gasteiger partial charge is 0.444 e. The van der Waals surface area contributed by atoms with Crippen LogP contribution in [-0.4, -0.2) is 23.4 Å². The second kappa shape index (κ2) is 6.92. The van der Waals surface area contributed by atoms with Gasteiger partial charge in [-0.25, -0.2) is 9.59 Å². The van der Waals surface area contributed by atoms with Crippen molar-refractivity contribution in [3.05, 3.63) is 24.3 Å². The zero-order chi connectivity index (χ0) is 18.8. The Balaban J connectivity index is 2.30. The van der Waals surface area contributed by atoms with Crippen molar-refractivity contribution in [3.63, 3.8) is 0 Å². The van der Waals surface area contributed by atoms with Gasteiger partial charge >= 0.3 is 12.2 Å². The molecule has 0 saturated carbocycles. The Hall–Kier alpha value is -2.28. The number of amides is 2. The molecular formula is C18H24N2O4S. The molecule has 25 heavy (non-hydrogen) atoms. The first kappa shape index (κ1) is 19.1. The van der Waals surface area contributed by atoms with Gasteiger partial charge in [-0.3, -0.25) is 10.6 Å². The number of carbonyl (C=O) groups excluding carboxylic acids is 2. The summed E-state index contributed by atoms with van der Waals surface area (Å²) in [4.78, 5) is 24.3. The van der Waals surface area contributed by atoms with Gasteiger partial charge in [0.15, 0.2) is 0 Å². The zero-order valence-corrected chi connectivity index (χ0v) is 16.2. The van der Waals surface area contributed by atoms with Crippen LogP contribution in [0.2, 0.25) is 0 Å². The monoisotopic (exact) mass is 364 g/mol. The molecular weight excluding hydrogens is 340 g/mol. The van der Waals surface area contributed by atoms with E-state index in [0.717, 1.165) is 10.1 Å². The molecule has 0 saturated heterocycles. The lowest BCUT2D eigenvalue weighted by atomic mass is 10.2. The van der Waals surface area contributed by atoms with Gasteiger partial charge in [0.25, 0.3) is 0 Å². The third-order valence-corrected chi connectivity index (χ3v) is 3.92. The number of rotatable bonds is 2. The van der Waals surface area contributed by atoms with Crippen molar-refractivity contribution in [1.29, 1.82) is 0 Å². The lowest BCUT2D eigenvalue weighted by Crippen LogP contribution is -2.28. The van der Waals surface area contributed by atoms with Crippen molar-refractivity contribution in [1.82, 2.24) is 0 Å². The van der Waals surface area contributed by atoms with Crippen molar-refractivity contribution in [2.75, 3.05) is 10.6 Å². The van der Waals surface area contributed by atoms with Crippen LogP contribution in [-0.2, 0) is 9.47 Å². The van der Waals surface area contributed by atoms with Crippen molar-refractivity contribution < 1.29 is 19.1 Å². The minimum Gasteiger partial charge on any atom is -0.444 e. The summed E-state index contributed by atoms with van der Waals surface area (Å²) in [6, 6.07) is 7.55. The Labute approximate surface area is 151 Å². The van der Waals surface area contributed by atoms with Crippen LogP contribution in [0.15, 0.2) is 24.3 Å². The van der Waals surface area contributed by atoms with Gasteiger partial charge in [0.05, 0.1) is 5.69 Å². The fourth-order valence-corrected chi connectivity index (χ4v) is 3.10. The molecule has 7 heteroatoms. The van der Waals surface area contributed by atoms with E-state index in [2.05, 4.69) is 10.6 Å². The van der Waals surface area contributed by atoms with Crippen LogP contribution in [0.1, 0.15) is 41.5 Å². The predicted molar refractivity (Wildman–Crippen MR) is 102 cm³/mol. The van der Waals surface area contributed by atoms with Gasteiger partial charge in [-0.15, -0.1) is 11.3 Å². The number of carbonyl (C=O) groups is 2. The van der Waals surface area contributed by atoms with Crippen molar-refractivity contribution in [2.45, 2.75) is 52.7 Å². The van der Waals surface area contributed by atoms with Gasteiger partial charge in [0, 0.05) is 10.1 Å². The summed E-state index contributed by atoms with van der Waals surface area (Å²) in [5.74, 6) is 0. The molecule has 2 N–H and O–H groups in total. The van der Waals surface area contributed by atoms with Crippen LogP contribution in [0.5, 0.6) is 0 Å². The first-order valence-electron chi connectivity index (χ1n) is 7.96. The highest BCUT2D eigenvalue weighted by Gasteiger charge is 2.22. The molecule has 1 heterocycles. The van der Waals surface area contributed by atoms with Crippen molar-refractivity contribution in [2.24, 2.45) is 0 Å². The number of anilines is 2. The molecule has 2 aromatic rings. The summed E-state index contributed by atoms with van der Waals surface area (Å²) in [6.45, 7) is 10.7. The Morgan fingerprint density at radius 1 is 0.880 bits per heavy atom. The van der Waals surface area contributed by atoms with E-state index in [9.17, 15) is 9.59 Å². The minimum atomic E-state index is -0.616. The molecule has 2 rings (SSSR count). The average molecular weight is 364 g/mol. The molecule has 2 amide bonds. The molecule has 0 unspecified atom stereocenters. The lowest BCUT2D eigenvalue weighted by Gasteiger charge is -2.21. The van der Waals surface area contributed by atoms with Crippen LogP contribution in [0.25, 0.3) is 10.1 Å². The molecule has 0 aliphatic rings. The first-order valence-corrected chi connectivity index (χ1v) is 8.78. The molecule has 136 valence electrons. The number of fused-ring (bicyclic) bond motifs is 1. The van der Waals surface area contributed by atoms with E-state index in [-0.39, 0.29) is 0 Å². The topological polar surface area (TPSA) is 76.7 Å². The van der Waals surface area contributed by atoms with Gasteiger partial charge in [0.1, 0.15) is 16.2 Å². The summed E-state index contributed by atoms with van der Waals surface area (Å²) >= 11 is 1.36. The molecule has 1 aromatic heterocycles. The summed E-state index contributed by atoms with van der Waals surface area (Å²) in [5.41, 5.74) is -0.727. The third-order valence-electron chi connectivity index (χ3n) is 2.84. The number of benzene rings is 1. The number of nitrogens with one attached hydrogen (secondary N) is 2. The van der Waals surface area contributed by atoms with E-state index in [1.165, 1.54) is 11.3 Å². The summed E-state index contributed by atoms with van der Waals surface area (Å²) < 4.78 is 11.5. The van der Waals surface area contributed by atoms with E-state index in [1.54, 1.807) is 41.5 Å². The molecule has 0 radical (unpaired) electrons. The summed E-state index contributed by atoms with van der Waals surface area (Å²) in [7, 11) is 0. The zero-order valence-electron chi connectivity index (χ0n) is 15.4. The van der Waals surface area contributed by atoms with Gasteiger partial charge < -0.3 is 9.47 Å². The fourth-order valence-electron chi connectivity index (χ4n) is 2.06. The highest BCUT2D eigenvalue weighted by atomic mass is 32.1. The number of hydrogen-bond donors (Lipinski definition) is 2. The SMILES string of the molecule is CC(C)(C)OC(=O)Nc1sc2ccccc2c1NC(=O)OC(C)(C)C. The maximum absolute atomic E-state index is 12.2. The minimum absolute atomic E-state index is 0.501. The lowest BCUT2D eigenvalue weighted by molar-refractivity contribution is 0.0621. The standard InChI is InChI=1S/C18H24N2O4S/c1-17(2,3)23-15(21)19-13-11-9-7-8-10-12(11)25-14(13)20-16(22)24-18(4,5)6/h7-10H,1-6H3,(H,19,21)(H,20,22). The van der Waals surface area contributed by atoms with Crippen LogP contribution >= 0.6 is 11.3 Å². The molecule has 0 spiro atoms. The van der Waals surface area contributed by atoms with Gasteiger partial charge in [-0.1, -0.05) is 18.2 Å². The Morgan fingerprint density at radius 2 is 1.40 bits per heavy atom. The Morgan fingerprint density at radius 3 is 1.96 bits per heavy atom. The smallest absolute Gasteiger partial charge is 0.412 e. The molecule has 6 nitrogen and oxygen atoms in total. The second-order valence-electron chi connectivity index (χ2n) is 7.56. The summed E-state index contributed by atoms with van der Waals surface area (Å²) in [6.07, 6.45) is -1.16. The number of ether oxygens (including phenoxy) is 2. The van der Waals surface area contributed by atoms with E-state index in [4.69, 9.17) is 9.47 Å². The normalized spacial score (nSPS) is 11.9. The quantitative estimate of drug-likeness (QED) is 0.727.